The van der Waals surface area contributed by atoms with E-state index in [1.165, 1.54) is 5.56 Å². The Morgan fingerprint density at radius 3 is 2.14 bits per heavy atom. The van der Waals surface area contributed by atoms with Crippen LogP contribution in [0.25, 0.3) is 0 Å². The first-order chi connectivity index (χ1) is 10.1. The molecule has 1 N–H and O–H groups in total. The number of ether oxygens (including phenoxy) is 2. The van der Waals surface area contributed by atoms with Crippen molar-refractivity contribution in [3.05, 3.63) is 22.2 Å². The van der Waals surface area contributed by atoms with Crippen molar-refractivity contribution in [3.8, 4) is 11.5 Å². The SMILES string of the molecule is CCCNC(c1cc(OC)c(Br)cc1OC)C(CC)CC. The molecule has 0 saturated heterocycles. The van der Waals surface area contributed by atoms with Crippen LogP contribution in [0.3, 0.4) is 0 Å². The molecule has 1 rings (SSSR count). The van der Waals surface area contributed by atoms with Gasteiger partial charge in [0.1, 0.15) is 11.5 Å². The molecule has 0 radical (unpaired) electrons. The molecule has 0 amide bonds. The minimum absolute atomic E-state index is 0.289. The van der Waals surface area contributed by atoms with Crippen molar-refractivity contribution in [3.63, 3.8) is 0 Å². The van der Waals surface area contributed by atoms with Gasteiger partial charge in [0.2, 0.25) is 0 Å². The summed E-state index contributed by atoms with van der Waals surface area (Å²) in [6.45, 7) is 7.69. The second-order valence-corrected chi connectivity index (χ2v) is 6.09. The van der Waals surface area contributed by atoms with Gasteiger partial charge in [-0.05, 0) is 46.9 Å². The molecule has 0 fully saturated rings. The summed E-state index contributed by atoms with van der Waals surface area (Å²) in [7, 11) is 3.42. The number of rotatable bonds is 9. The molecule has 0 heterocycles. The zero-order chi connectivity index (χ0) is 15.8. The third-order valence-electron chi connectivity index (χ3n) is 3.97. The zero-order valence-electron chi connectivity index (χ0n) is 13.8. The van der Waals surface area contributed by atoms with Crippen molar-refractivity contribution >= 4 is 15.9 Å². The number of nitrogens with one attached hydrogen (secondary N) is 1. The van der Waals surface area contributed by atoms with Gasteiger partial charge in [-0.2, -0.15) is 0 Å². The van der Waals surface area contributed by atoms with Gasteiger partial charge in [-0.15, -0.1) is 0 Å². The van der Waals surface area contributed by atoms with Gasteiger partial charge in [-0.3, -0.25) is 0 Å². The van der Waals surface area contributed by atoms with Crippen molar-refractivity contribution < 1.29 is 9.47 Å². The van der Waals surface area contributed by atoms with E-state index < -0.39 is 0 Å². The van der Waals surface area contributed by atoms with E-state index in [2.05, 4.69) is 48.1 Å². The van der Waals surface area contributed by atoms with Gasteiger partial charge in [0, 0.05) is 11.6 Å². The van der Waals surface area contributed by atoms with Crippen molar-refractivity contribution in [2.24, 2.45) is 5.92 Å². The Morgan fingerprint density at radius 1 is 1.05 bits per heavy atom. The monoisotopic (exact) mass is 357 g/mol. The standard InChI is InChI=1S/C17H28BrNO2/c1-6-9-19-17(12(7-2)8-3)13-10-16(21-5)14(18)11-15(13)20-4/h10-12,17,19H,6-9H2,1-5H3. The average molecular weight is 358 g/mol. The molecular weight excluding hydrogens is 330 g/mol. The lowest BCUT2D eigenvalue weighted by Crippen LogP contribution is -2.29. The van der Waals surface area contributed by atoms with Crippen molar-refractivity contribution in [1.82, 2.24) is 5.32 Å². The number of benzene rings is 1. The first-order valence-electron chi connectivity index (χ1n) is 7.77. The maximum Gasteiger partial charge on any atom is 0.133 e. The van der Waals surface area contributed by atoms with Crippen LogP contribution in [0.4, 0.5) is 0 Å². The predicted molar refractivity (Wildman–Crippen MR) is 92.4 cm³/mol. The lowest BCUT2D eigenvalue weighted by molar-refractivity contribution is 0.323. The molecule has 4 heteroatoms. The Labute approximate surface area is 137 Å². The largest absolute Gasteiger partial charge is 0.496 e. The Kier molecular flexibility index (Phi) is 8.12. The molecule has 0 aliphatic heterocycles. The molecule has 0 saturated carbocycles. The first kappa shape index (κ1) is 18.3. The molecule has 1 aromatic rings. The van der Waals surface area contributed by atoms with E-state index in [9.17, 15) is 0 Å². The maximum atomic E-state index is 5.60. The third-order valence-corrected chi connectivity index (χ3v) is 4.59. The minimum atomic E-state index is 0.289. The molecule has 0 aromatic heterocycles. The summed E-state index contributed by atoms with van der Waals surface area (Å²) in [5, 5.41) is 3.68. The van der Waals surface area contributed by atoms with Gasteiger partial charge in [-0.25, -0.2) is 0 Å². The lowest BCUT2D eigenvalue weighted by atomic mass is 9.88. The first-order valence-corrected chi connectivity index (χ1v) is 8.56. The van der Waals surface area contributed by atoms with Crippen LogP contribution in [0, 0.1) is 5.92 Å². The number of halogens is 1. The van der Waals surface area contributed by atoms with E-state index in [1.54, 1.807) is 14.2 Å². The van der Waals surface area contributed by atoms with Crippen LogP contribution < -0.4 is 14.8 Å². The molecule has 3 nitrogen and oxygen atoms in total. The highest BCUT2D eigenvalue weighted by Gasteiger charge is 2.24. The Bertz CT molecular complexity index is 433. The molecule has 1 unspecified atom stereocenters. The van der Waals surface area contributed by atoms with E-state index in [1.807, 2.05) is 6.07 Å². The summed E-state index contributed by atoms with van der Waals surface area (Å²) in [6.07, 6.45) is 3.39. The summed E-state index contributed by atoms with van der Waals surface area (Å²) >= 11 is 3.53. The summed E-state index contributed by atoms with van der Waals surface area (Å²) in [5.41, 5.74) is 1.18. The maximum absolute atomic E-state index is 5.60. The second-order valence-electron chi connectivity index (χ2n) is 5.24. The highest BCUT2D eigenvalue weighted by Crippen LogP contribution is 2.39. The molecule has 0 aliphatic rings. The normalized spacial score (nSPS) is 12.5. The van der Waals surface area contributed by atoms with Gasteiger partial charge in [0.15, 0.2) is 0 Å². The third kappa shape index (κ3) is 4.62. The summed E-state index contributed by atoms with van der Waals surface area (Å²) in [5.74, 6) is 2.33. The summed E-state index contributed by atoms with van der Waals surface area (Å²) in [4.78, 5) is 0. The van der Waals surface area contributed by atoms with E-state index in [4.69, 9.17) is 9.47 Å². The molecular formula is C17H28BrNO2. The van der Waals surface area contributed by atoms with Crippen LogP contribution in [0.15, 0.2) is 16.6 Å². The van der Waals surface area contributed by atoms with Crippen LogP contribution in [0.2, 0.25) is 0 Å². The van der Waals surface area contributed by atoms with E-state index >= 15 is 0 Å². The van der Waals surface area contributed by atoms with Crippen LogP contribution in [0.5, 0.6) is 11.5 Å². The zero-order valence-corrected chi connectivity index (χ0v) is 15.4. The quantitative estimate of drug-likeness (QED) is 0.678. The number of hydrogen-bond acceptors (Lipinski definition) is 3. The van der Waals surface area contributed by atoms with E-state index in [0.29, 0.717) is 5.92 Å². The highest BCUT2D eigenvalue weighted by molar-refractivity contribution is 9.10. The van der Waals surface area contributed by atoms with Gasteiger partial charge in [-0.1, -0.05) is 33.6 Å². The molecule has 120 valence electrons. The van der Waals surface area contributed by atoms with Crippen molar-refractivity contribution in [2.45, 2.75) is 46.1 Å². The second kappa shape index (κ2) is 9.31. The lowest BCUT2D eigenvalue weighted by Gasteiger charge is -2.29. The van der Waals surface area contributed by atoms with Crippen LogP contribution >= 0.6 is 15.9 Å². The Hall–Kier alpha value is -0.740. The van der Waals surface area contributed by atoms with Gasteiger partial charge in [0.05, 0.1) is 18.7 Å². The molecule has 0 spiro atoms. The van der Waals surface area contributed by atoms with Crippen molar-refractivity contribution in [1.29, 1.82) is 0 Å². The predicted octanol–water partition coefficient (Wildman–Crippen LogP) is 4.94. The van der Waals surface area contributed by atoms with Gasteiger partial charge >= 0.3 is 0 Å². The fourth-order valence-corrected chi connectivity index (χ4v) is 3.20. The summed E-state index contributed by atoms with van der Waals surface area (Å²) < 4.78 is 12.0. The molecule has 1 aromatic carbocycles. The Balaban J connectivity index is 3.26. The number of methoxy groups -OCH3 is 2. The van der Waals surface area contributed by atoms with Crippen LogP contribution in [-0.2, 0) is 0 Å². The van der Waals surface area contributed by atoms with Crippen molar-refractivity contribution in [2.75, 3.05) is 20.8 Å². The van der Waals surface area contributed by atoms with Gasteiger partial charge in [0.25, 0.3) is 0 Å². The molecule has 0 aliphatic carbocycles. The summed E-state index contributed by atoms with van der Waals surface area (Å²) in [6, 6.07) is 4.38. The van der Waals surface area contributed by atoms with Gasteiger partial charge < -0.3 is 14.8 Å². The van der Waals surface area contributed by atoms with E-state index in [-0.39, 0.29) is 6.04 Å². The molecule has 1 atom stereocenters. The molecule has 0 bridgehead atoms. The van der Waals surface area contributed by atoms with Crippen LogP contribution in [-0.4, -0.2) is 20.8 Å². The average Bonchev–Trinajstić information content (AvgIpc) is 2.51. The topological polar surface area (TPSA) is 30.5 Å². The highest BCUT2D eigenvalue weighted by atomic mass is 79.9. The van der Waals surface area contributed by atoms with Crippen LogP contribution in [0.1, 0.15) is 51.6 Å². The molecule has 21 heavy (non-hydrogen) atoms. The minimum Gasteiger partial charge on any atom is -0.496 e. The smallest absolute Gasteiger partial charge is 0.133 e. The fourth-order valence-electron chi connectivity index (χ4n) is 2.72. The van der Waals surface area contributed by atoms with E-state index in [0.717, 1.165) is 41.8 Å². The number of hydrogen-bond donors (Lipinski definition) is 1. The fraction of sp³-hybridized carbons (Fsp3) is 0.647. The Morgan fingerprint density at radius 2 is 1.67 bits per heavy atom.